The fourth-order valence-corrected chi connectivity index (χ4v) is 4.80. The van der Waals surface area contributed by atoms with Crippen LogP contribution in [0, 0.1) is 0 Å². The van der Waals surface area contributed by atoms with Gasteiger partial charge in [-0.15, -0.1) is 22.7 Å². The van der Waals surface area contributed by atoms with E-state index in [1.54, 1.807) is 0 Å². The molecule has 0 radical (unpaired) electrons. The predicted molar refractivity (Wildman–Crippen MR) is 95.7 cm³/mol. The maximum atomic E-state index is 3.76. The van der Waals surface area contributed by atoms with Crippen LogP contribution >= 0.6 is 22.7 Å². The lowest BCUT2D eigenvalue weighted by Gasteiger charge is -2.20. The number of benzene rings is 1. The van der Waals surface area contributed by atoms with E-state index in [9.17, 15) is 0 Å². The highest BCUT2D eigenvalue weighted by molar-refractivity contribution is 7.17. The van der Waals surface area contributed by atoms with E-state index in [2.05, 4.69) is 60.3 Å². The summed E-state index contributed by atoms with van der Waals surface area (Å²) in [6, 6.07) is 11.5. The number of nitrogens with one attached hydrogen (secondary N) is 1. The number of rotatable bonds is 6. The van der Waals surface area contributed by atoms with Crippen LogP contribution in [0.2, 0.25) is 0 Å². The second-order valence-corrected chi connectivity index (χ2v) is 7.10. The van der Waals surface area contributed by atoms with Gasteiger partial charge in [0.2, 0.25) is 0 Å². The van der Waals surface area contributed by atoms with Gasteiger partial charge in [-0.25, -0.2) is 0 Å². The van der Waals surface area contributed by atoms with Gasteiger partial charge in [0.1, 0.15) is 0 Å². The van der Waals surface area contributed by atoms with E-state index in [0.717, 1.165) is 19.4 Å². The summed E-state index contributed by atoms with van der Waals surface area (Å²) in [6.07, 6.45) is 2.26. The zero-order valence-electron chi connectivity index (χ0n) is 12.6. The molecule has 0 aliphatic rings. The Morgan fingerprint density at radius 3 is 2.71 bits per heavy atom. The average Bonchev–Trinajstić information content (AvgIpc) is 3.16. The quantitative estimate of drug-likeness (QED) is 0.623. The Morgan fingerprint density at radius 1 is 1.05 bits per heavy atom. The molecule has 1 nitrogen and oxygen atoms in total. The summed E-state index contributed by atoms with van der Waals surface area (Å²) < 4.78 is 1.42. The van der Waals surface area contributed by atoms with Gasteiger partial charge in [0, 0.05) is 9.58 Å². The Balaban J connectivity index is 2.09. The molecule has 1 atom stereocenters. The number of hydrogen-bond acceptors (Lipinski definition) is 3. The van der Waals surface area contributed by atoms with Crippen LogP contribution < -0.4 is 5.32 Å². The van der Waals surface area contributed by atoms with Crippen LogP contribution in [0.5, 0.6) is 0 Å². The lowest BCUT2D eigenvalue weighted by Crippen LogP contribution is -2.23. The minimum Gasteiger partial charge on any atom is -0.306 e. The third-order valence-electron chi connectivity index (χ3n) is 3.84. The van der Waals surface area contributed by atoms with Gasteiger partial charge >= 0.3 is 0 Å². The van der Waals surface area contributed by atoms with E-state index in [1.165, 1.54) is 26.1 Å². The molecule has 1 aromatic carbocycles. The third kappa shape index (κ3) is 2.91. The topological polar surface area (TPSA) is 12.0 Å². The first-order valence-corrected chi connectivity index (χ1v) is 9.36. The van der Waals surface area contributed by atoms with E-state index < -0.39 is 0 Å². The van der Waals surface area contributed by atoms with Crippen molar-refractivity contribution in [3.05, 3.63) is 57.1 Å². The van der Waals surface area contributed by atoms with Crippen LogP contribution in [0.4, 0.5) is 0 Å². The van der Waals surface area contributed by atoms with Crippen molar-refractivity contribution in [3.8, 4) is 0 Å². The zero-order chi connectivity index (χ0) is 14.7. The van der Waals surface area contributed by atoms with E-state index in [-0.39, 0.29) is 0 Å². The smallest absolute Gasteiger partial charge is 0.0687 e. The molecule has 2 heterocycles. The largest absolute Gasteiger partial charge is 0.306 e. The van der Waals surface area contributed by atoms with Gasteiger partial charge in [0.25, 0.3) is 0 Å². The van der Waals surface area contributed by atoms with Crippen molar-refractivity contribution in [1.29, 1.82) is 0 Å². The standard InChI is InChI=1S/C18H21NS2/c1-3-10-19-16(18-13(4-2)8-11-21-18)15-7-5-6-14-9-12-20-17(14)15/h5-9,11-12,16,19H,3-4,10H2,1-2H3. The van der Waals surface area contributed by atoms with Crippen molar-refractivity contribution in [2.75, 3.05) is 6.54 Å². The number of aryl methyl sites for hydroxylation is 1. The molecule has 3 aromatic rings. The van der Waals surface area contributed by atoms with E-state index in [4.69, 9.17) is 0 Å². The van der Waals surface area contributed by atoms with E-state index in [0.29, 0.717) is 6.04 Å². The maximum absolute atomic E-state index is 3.76. The molecule has 3 heteroatoms. The number of hydrogen-bond donors (Lipinski definition) is 1. The molecule has 0 aliphatic carbocycles. The third-order valence-corrected chi connectivity index (χ3v) is 5.85. The first-order valence-electron chi connectivity index (χ1n) is 7.61. The highest BCUT2D eigenvalue weighted by Crippen LogP contribution is 2.36. The van der Waals surface area contributed by atoms with Gasteiger partial charge < -0.3 is 5.32 Å². The minimum atomic E-state index is 0.322. The highest BCUT2D eigenvalue weighted by atomic mass is 32.1. The summed E-state index contributed by atoms with van der Waals surface area (Å²) in [6.45, 7) is 5.52. The van der Waals surface area contributed by atoms with Crippen molar-refractivity contribution in [3.63, 3.8) is 0 Å². The van der Waals surface area contributed by atoms with Gasteiger partial charge in [-0.3, -0.25) is 0 Å². The second kappa shape index (κ2) is 6.73. The molecule has 0 bridgehead atoms. The molecule has 0 fully saturated rings. The van der Waals surface area contributed by atoms with Gasteiger partial charge in [0.15, 0.2) is 0 Å². The molecule has 1 N–H and O–H groups in total. The first kappa shape index (κ1) is 14.8. The van der Waals surface area contributed by atoms with Crippen LogP contribution in [0.1, 0.15) is 42.3 Å². The van der Waals surface area contributed by atoms with Crippen molar-refractivity contribution in [2.45, 2.75) is 32.7 Å². The van der Waals surface area contributed by atoms with Crippen molar-refractivity contribution in [2.24, 2.45) is 0 Å². The van der Waals surface area contributed by atoms with E-state index in [1.807, 2.05) is 22.7 Å². The summed E-state index contributed by atoms with van der Waals surface area (Å²) in [7, 11) is 0. The molecule has 1 unspecified atom stereocenters. The minimum absolute atomic E-state index is 0.322. The number of fused-ring (bicyclic) bond motifs is 1. The lowest BCUT2D eigenvalue weighted by atomic mass is 10.00. The van der Waals surface area contributed by atoms with Crippen molar-refractivity contribution < 1.29 is 0 Å². The van der Waals surface area contributed by atoms with Gasteiger partial charge in [-0.1, -0.05) is 32.0 Å². The summed E-state index contributed by atoms with van der Waals surface area (Å²) in [5.74, 6) is 0. The van der Waals surface area contributed by atoms with Crippen LogP contribution in [0.15, 0.2) is 41.1 Å². The van der Waals surface area contributed by atoms with Crippen molar-refractivity contribution in [1.82, 2.24) is 5.32 Å². The first-order chi connectivity index (χ1) is 10.3. The molecule has 0 spiro atoms. The predicted octanol–water partition coefficient (Wildman–Crippen LogP) is 5.61. The Bertz CT molecular complexity index is 711. The fourth-order valence-electron chi connectivity index (χ4n) is 2.77. The lowest BCUT2D eigenvalue weighted by molar-refractivity contribution is 0.606. The fraction of sp³-hybridized carbons (Fsp3) is 0.333. The summed E-state index contributed by atoms with van der Waals surface area (Å²) in [4.78, 5) is 1.48. The van der Waals surface area contributed by atoms with Gasteiger partial charge in [0.05, 0.1) is 6.04 Å². The van der Waals surface area contributed by atoms with Crippen LogP contribution in [-0.2, 0) is 6.42 Å². The molecule has 110 valence electrons. The molecule has 2 aromatic heterocycles. The van der Waals surface area contributed by atoms with E-state index >= 15 is 0 Å². The molecular weight excluding hydrogens is 294 g/mol. The molecule has 0 amide bonds. The van der Waals surface area contributed by atoms with Crippen molar-refractivity contribution >= 4 is 32.8 Å². The summed E-state index contributed by atoms with van der Waals surface area (Å²) >= 11 is 3.73. The van der Waals surface area contributed by atoms with Gasteiger partial charge in [-0.05, 0) is 58.8 Å². The number of thiophene rings is 2. The highest BCUT2D eigenvalue weighted by Gasteiger charge is 2.20. The normalized spacial score (nSPS) is 12.9. The SMILES string of the molecule is CCCNC(c1sccc1CC)c1cccc2ccsc12. The zero-order valence-corrected chi connectivity index (χ0v) is 14.2. The molecular formula is C18H21NS2. The summed E-state index contributed by atoms with van der Waals surface area (Å²) in [5, 5.41) is 9.54. The average molecular weight is 316 g/mol. The van der Waals surface area contributed by atoms with Crippen LogP contribution in [-0.4, -0.2) is 6.54 Å². The maximum Gasteiger partial charge on any atom is 0.0687 e. The Morgan fingerprint density at radius 2 is 1.90 bits per heavy atom. The Kier molecular flexibility index (Phi) is 4.73. The van der Waals surface area contributed by atoms with Crippen LogP contribution in [0.25, 0.3) is 10.1 Å². The molecule has 0 saturated heterocycles. The molecule has 0 saturated carbocycles. The molecule has 3 rings (SSSR count). The second-order valence-electron chi connectivity index (χ2n) is 5.24. The Labute approximate surface area is 134 Å². The van der Waals surface area contributed by atoms with Crippen LogP contribution in [0.3, 0.4) is 0 Å². The molecule has 21 heavy (non-hydrogen) atoms. The van der Waals surface area contributed by atoms with Gasteiger partial charge in [-0.2, -0.15) is 0 Å². The summed E-state index contributed by atoms with van der Waals surface area (Å²) in [5.41, 5.74) is 2.90. The Hall–Kier alpha value is -1.16. The molecule has 0 aliphatic heterocycles. The monoisotopic (exact) mass is 315 g/mol.